The Morgan fingerprint density at radius 3 is 2.76 bits per heavy atom. The third-order valence-corrected chi connectivity index (χ3v) is 2.81. The summed E-state index contributed by atoms with van der Waals surface area (Å²) in [6.45, 7) is 3.82. The molecule has 0 heterocycles. The molecule has 0 aliphatic carbocycles. The van der Waals surface area contributed by atoms with Crippen LogP contribution in [0, 0.1) is 9.39 Å². The Bertz CT molecular complexity index is 423. The molecule has 0 saturated heterocycles. The van der Waals surface area contributed by atoms with Crippen molar-refractivity contribution in [3.8, 4) is 0 Å². The van der Waals surface area contributed by atoms with Crippen LogP contribution in [-0.2, 0) is 4.79 Å². The van der Waals surface area contributed by atoms with E-state index in [1.165, 1.54) is 12.1 Å². The molecule has 0 spiro atoms. The molecular formula is C11H15FIN3O. The van der Waals surface area contributed by atoms with Crippen LogP contribution < -0.4 is 16.4 Å². The number of carbonyl (C=O) groups excluding carboxylic acids is 1. The number of nitrogens with two attached hydrogens (primary N) is 1. The van der Waals surface area contributed by atoms with E-state index in [0.717, 1.165) is 0 Å². The molecule has 1 amide bonds. The zero-order valence-electron chi connectivity index (χ0n) is 9.68. The van der Waals surface area contributed by atoms with Crippen molar-refractivity contribution in [1.82, 2.24) is 5.32 Å². The Labute approximate surface area is 113 Å². The number of halogens is 2. The van der Waals surface area contributed by atoms with Crippen LogP contribution in [-0.4, -0.2) is 18.5 Å². The SMILES string of the molecule is CC(C)NC(=O)CNc1cc(F)c(I)cc1N. The minimum Gasteiger partial charge on any atom is -0.397 e. The van der Waals surface area contributed by atoms with E-state index in [0.29, 0.717) is 14.9 Å². The highest BCUT2D eigenvalue weighted by atomic mass is 127. The molecule has 4 nitrogen and oxygen atoms in total. The minimum absolute atomic E-state index is 0.0718. The van der Waals surface area contributed by atoms with Crippen LogP contribution in [0.25, 0.3) is 0 Å². The summed E-state index contributed by atoms with van der Waals surface area (Å²) in [6.07, 6.45) is 0. The van der Waals surface area contributed by atoms with E-state index in [1.54, 1.807) is 0 Å². The number of nitrogen functional groups attached to an aromatic ring is 1. The van der Waals surface area contributed by atoms with Gasteiger partial charge in [0.05, 0.1) is 21.5 Å². The highest BCUT2D eigenvalue weighted by molar-refractivity contribution is 14.1. The maximum atomic E-state index is 13.3. The fourth-order valence-corrected chi connectivity index (χ4v) is 1.76. The van der Waals surface area contributed by atoms with Crippen molar-refractivity contribution < 1.29 is 9.18 Å². The Morgan fingerprint density at radius 2 is 2.18 bits per heavy atom. The van der Waals surface area contributed by atoms with Crippen LogP contribution in [0.3, 0.4) is 0 Å². The molecule has 1 aromatic carbocycles. The van der Waals surface area contributed by atoms with Crippen LogP contribution in [0.15, 0.2) is 12.1 Å². The second kappa shape index (κ2) is 6.04. The molecule has 0 bridgehead atoms. The first-order valence-electron chi connectivity index (χ1n) is 5.18. The molecule has 0 aliphatic rings. The lowest BCUT2D eigenvalue weighted by Gasteiger charge is -2.12. The van der Waals surface area contributed by atoms with Crippen molar-refractivity contribution in [3.05, 3.63) is 21.5 Å². The van der Waals surface area contributed by atoms with Crippen LogP contribution in [0.4, 0.5) is 15.8 Å². The summed E-state index contributed by atoms with van der Waals surface area (Å²) < 4.78 is 13.7. The van der Waals surface area contributed by atoms with Crippen molar-refractivity contribution in [2.45, 2.75) is 19.9 Å². The van der Waals surface area contributed by atoms with Gasteiger partial charge in [-0.1, -0.05) is 0 Å². The van der Waals surface area contributed by atoms with Gasteiger partial charge < -0.3 is 16.4 Å². The molecule has 1 rings (SSSR count). The van der Waals surface area contributed by atoms with Crippen molar-refractivity contribution in [1.29, 1.82) is 0 Å². The lowest BCUT2D eigenvalue weighted by Crippen LogP contribution is -2.34. The number of rotatable bonds is 4. The molecule has 0 aliphatic heterocycles. The highest BCUT2D eigenvalue weighted by Crippen LogP contribution is 2.23. The average molecular weight is 351 g/mol. The van der Waals surface area contributed by atoms with E-state index < -0.39 is 0 Å². The Morgan fingerprint density at radius 1 is 1.53 bits per heavy atom. The van der Waals surface area contributed by atoms with Gasteiger partial charge in [-0.05, 0) is 42.5 Å². The molecule has 0 aromatic heterocycles. The molecular weight excluding hydrogens is 336 g/mol. The van der Waals surface area contributed by atoms with E-state index in [9.17, 15) is 9.18 Å². The fraction of sp³-hybridized carbons (Fsp3) is 0.364. The molecule has 0 saturated carbocycles. The molecule has 0 fully saturated rings. The van der Waals surface area contributed by atoms with Gasteiger partial charge >= 0.3 is 0 Å². The smallest absolute Gasteiger partial charge is 0.239 e. The largest absolute Gasteiger partial charge is 0.397 e. The number of carbonyl (C=O) groups is 1. The predicted molar refractivity (Wildman–Crippen MR) is 75.3 cm³/mol. The van der Waals surface area contributed by atoms with E-state index in [4.69, 9.17) is 5.73 Å². The summed E-state index contributed by atoms with van der Waals surface area (Å²) in [6, 6.07) is 2.90. The Kier molecular flexibility index (Phi) is 4.98. The molecule has 6 heteroatoms. The topological polar surface area (TPSA) is 67.2 Å². The third-order valence-electron chi connectivity index (χ3n) is 1.98. The molecule has 0 unspecified atom stereocenters. The molecule has 0 atom stereocenters. The lowest BCUT2D eigenvalue weighted by atomic mass is 10.2. The van der Waals surface area contributed by atoms with Crippen molar-refractivity contribution >= 4 is 39.9 Å². The van der Waals surface area contributed by atoms with Crippen molar-refractivity contribution in [2.75, 3.05) is 17.6 Å². The van der Waals surface area contributed by atoms with Crippen molar-refractivity contribution in [2.24, 2.45) is 0 Å². The normalized spacial score (nSPS) is 10.4. The predicted octanol–water partition coefficient (Wildman–Crippen LogP) is 1.95. The molecule has 1 aromatic rings. The Hall–Kier alpha value is -1.05. The monoisotopic (exact) mass is 351 g/mol. The molecule has 4 N–H and O–H groups in total. The van der Waals surface area contributed by atoms with Gasteiger partial charge in [-0.3, -0.25) is 4.79 Å². The number of hydrogen-bond donors (Lipinski definition) is 3. The van der Waals surface area contributed by atoms with Crippen LogP contribution >= 0.6 is 22.6 Å². The van der Waals surface area contributed by atoms with Crippen LogP contribution in [0.5, 0.6) is 0 Å². The molecule has 94 valence electrons. The summed E-state index contributed by atoms with van der Waals surface area (Å²) >= 11 is 1.86. The quantitative estimate of drug-likeness (QED) is 0.574. The zero-order chi connectivity index (χ0) is 13.0. The van der Waals surface area contributed by atoms with Crippen LogP contribution in [0.2, 0.25) is 0 Å². The first-order chi connectivity index (χ1) is 7.90. The van der Waals surface area contributed by atoms with Gasteiger partial charge in [0.15, 0.2) is 0 Å². The first kappa shape index (κ1) is 14.0. The van der Waals surface area contributed by atoms with Gasteiger partial charge in [0.1, 0.15) is 5.82 Å². The zero-order valence-corrected chi connectivity index (χ0v) is 11.8. The second-order valence-electron chi connectivity index (χ2n) is 3.93. The first-order valence-corrected chi connectivity index (χ1v) is 6.25. The molecule has 0 radical (unpaired) electrons. The van der Waals surface area contributed by atoms with E-state index in [2.05, 4.69) is 10.6 Å². The highest BCUT2D eigenvalue weighted by Gasteiger charge is 2.08. The van der Waals surface area contributed by atoms with Crippen LogP contribution in [0.1, 0.15) is 13.8 Å². The van der Waals surface area contributed by atoms with E-state index >= 15 is 0 Å². The minimum atomic E-state index is -0.355. The summed E-state index contributed by atoms with van der Waals surface area (Å²) in [5.74, 6) is -0.509. The summed E-state index contributed by atoms with van der Waals surface area (Å²) in [5.41, 5.74) is 6.57. The lowest BCUT2D eigenvalue weighted by molar-refractivity contribution is -0.119. The second-order valence-corrected chi connectivity index (χ2v) is 5.09. The van der Waals surface area contributed by atoms with Gasteiger partial charge in [0.2, 0.25) is 5.91 Å². The van der Waals surface area contributed by atoms with E-state index in [-0.39, 0.29) is 24.3 Å². The number of benzene rings is 1. The summed E-state index contributed by atoms with van der Waals surface area (Å²) in [7, 11) is 0. The number of amides is 1. The van der Waals surface area contributed by atoms with Gasteiger partial charge in [0, 0.05) is 12.1 Å². The van der Waals surface area contributed by atoms with Gasteiger partial charge in [-0.15, -0.1) is 0 Å². The third kappa shape index (κ3) is 4.37. The van der Waals surface area contributed by atoms with Gasteiger partial charge in [0.25, 0.3) is 0 Å². The standard InChI is InChI=1S/C11H15FIN3O/c1-6(2)16-11(17)5-15-10-3-7(12)8(13)4-9(10)14/h3-4,6,15H,5,14H2,1-2H3,(H,16,17). The van der Waals surface area contributed by atoms with Gasteiger partial charge in [-0.25, -0.2) is 4.39 Å². The number of hydrogen-bond acceptors (Lipinski definition) is 3. The summed E-state index contributed by atoms with van der Waals surface area (Å²) in [4.78, 5) is 11.4. The van der Waals surface area contributed by atoms with Gasteiger partial charge in [-0.2, -0.15) is 0 Å². The maximum absolute atomic E-state index is 13.3. The van der Waals surface area contributed by atoms with Crippen molar-refractivity contribution in [3.63, 3.8) is 0 Å². The number of nitrogens with one attached hydrogen (secondary N) is 2. The summed E-state index contributed by atoms with van der Waals surface area (Å²) in [5, 5.41) is 5.53. The van der Waals surface area contributed by atoms with E-state index in [1.807, 2.05) is 36.4 Å². The molecule has 17 heavy (non-hydrogen) atoms. The average Bonchev–Trinajstić information content (AvgIpc) is 2.20. The fourth-order valence-electron chi connectivity index (χ4n) is 1.26. The maximum Gasteiger partial charge on any atom is 0.239 e. The number of anilines is 2. The Balaban J connectivity index is 2.63.